The summed E-state index contributed by atoms with van der Waals surface area (Å²) in [5.41, 5.74) is 1.23. The van der Waals surface area contributed by atoms with Gasteiger partial charge in [0.15, 0.2) is 5.65 Å². The quantitative estimate of drug-likeness (QED) is 0.537. The van der Waals surface area contributed by atoms with Gasteiger partial charge in [0.2, 0.25) is 0 Å². The number of benzene rings is 1. The van der Waals surface area contributed by atoms with Crippen LogP contribution in [0.1, 0.15) is 17.3 Å². The SMILES string of the molecule is C/C(=N\C(=O)c1cnn2c(=O)cc(-c3ccc(Cl)c(Cl)c3)[nH]c12)N(C)C. The molecule has 0 unspecified atom stereocenters. The molecule has 2 aromatic heterocycles. The van der Waals surface area contributed by atoms with Crippen LogP contribution in [0, 0.1) is 0 Å². The third kappa shape index (κ3) is 3.36. The fourth-order valence-corrected chi connectivity index (χ4v) is 2.57. The van der Waals surface area contributed by atoms with Crippen LogP contribution in [0.4, 0.5) is 0 Å². The second kappa shape index (κ2) is 6.93. The summed E-state index contributed by atoms with van der Waals surface area (Å²) in [5, 5.41) is 4.75. The number of nitrogens with zero attached hydrogens (tertiary/aromatic N) is 4. The van der Waals surface area contributed by atoms with E-state index in [0.717, 1.165) is 4.52 Å². The third-order valence-corrected chi connectivity index (χ3v) is 4.61. The Kier molecular flexibility index (Phi) is 4.84. The lowest BCUT2D eigenvalue weighted by Gasteiger charge is -2.10. The van der Waals surface area contributed by atoms with E-state index in [4.69, 9.17) is 23.2 Å². The largest absolute Gasteiger partial charge is 0.366 e. The Labute approximate surface area is 158 Å². The summed E-state index contributed by atoms with van der Waals surface area (Å²) in [6.07, 6.45) is 1.32. The average molecular weight is 392 g/mol. The van der Waals surface area contributed by atoms with Gasteiger partial charge in [-0.25, -0.2) is 0 Å². The van der Waals surface area contributed by atoms with Gasteiger partial charge in [0.1, 0.15) is 11.4 Å². The molecule has 26 heavy (non-hydrogen) atoms. The minimum atomic E-state index is -0.492. The minimum absolute atomic E-state index is 0.199. The van der Waals surface area contributed by atoms with Crippen LogP contribution in [0.3, 0.4) is 0 Å². The van der Waals surface area contributed by atoms with E-state index in [0.29, 0.717) is 27.1 Å². The number of amidine groups is 1. The van der Waals surface area contributed by atoms with Gasteiger partial charge in [0, 0.05) is 20.2 Å². The number of hydrogen-bond acceptors (Lipinski definition) is 3. The number of amides is 1. The fraction of sp³-hybridized carbons (Fsp3) is 0.176. The molecule has 3 aromatic rings. The number of carbonyl (C=O) groups is 1. The number of halogens is 2. The van der Waals surface area contributed by atoms with E-state index in [-0.39, 0.29) is 16.8 Å². The molecule has 0 aliphatic heterocycles. The first-order chi connectivity index (χ1) is 12.3. The van der Waals surface area contributed by atoms with Gasteiger partial charge < -0.3 is 9.88 Å². The Balaban J connectivity index is 2.15. The maximum absolute atomic E-state index is 12.5. The van der Waals surface area contributed by atoms with Gasteiger partial charge >= 0.3 is 0 Å². The predicted molar refractivity (Wildman–Crippen MR) is 102 cm³/mol. The Bertz CT molecular complexity index is 1100. The van der Waals surface area contributed by atoms with Crippen molar-refractivity contribution in [1.29, 1.82) is 0 Å². The van der Waals surface area contributed by atoms with Crippen LogP contribution in [0.15, 0.2) is 40.2 Å². The summed E-state index contributed by atoms with van der Waals surface area (Å²) < 4.78 is 1.12. The zero-order valence-electron chi connectivity index (χ0n) is 14.2. The maximum Gasteiger partial charge on any atom is 0.284 e. The highest BCUT2D eigenvalue weighted by Crippen LogP contribution is 2.27. The van der Waals surface area contributed by atoms with Crippen LogP contribution in [0.2, 0.25) is 10.0 Å². The van der Waals surface area contributed by atoms with Crippen LogP contribution in [0.25, 0.3) is 16.9 Å². The molecule has 0 aliphatic rings. The Morgan fingerprint density at radius 1 is 1.23 bits per heavy atom. The van der Waals surface area contributed by atoms with Crippen molar-refractivity contribution in [3.8, 4) is 11.3 Å². The number of rotatable bonds is 2. The van der Waals surface area contributed by atoms with Crippen molar-refractivity contribution < 1.29 is 4.79 Å². The van der Waals surface area contributed by atoms with Crippen molar-refractivity contribution in [2.75, 3.05) is 14.1 Å². The molecule has 7 nitrogen and oxygen atoms in total. The van der Waals surface area contributed by atoms with E-state index < -0.39 is 5.91 Å². The smallest absolute Gasteiger partial charge is 0.284 e. The van der Waals surface area contributed by atoms with Gasteiger partial charge in [-0.2, -0.15) is 14.6 Å². The monoisotopic (exact) mass is 391 g/mol. The Morgan fingerprint density at radius 3 is 2.62 bits per heavy atom. The van der Waals surface area contributed by atoms with Crippen molar-refractivity contribution in [1.82, 2.24) is 19.5 Å². The highest BCUT2D eigenvalue weighted by atomic mass is 35.5. The molecule has 1 aromatic carbocycles. The lowest BCUT2D eigenvalue weighted by Crippen LogP contribution is -2.20. The van der Waals surface area contributed by atoms with Gasteiger partial charge in [-0.3, -0.25) is 9.59 Å². The summed E-state index contributed by atoms with van der Waals surface area (Å²) in [7, 11) is 3.57. The first-order valence-corrected chi connectivity index (χ1v) is 8.37. The van der Waals surface area contributed by atoms with Gasteiger partial charge in [0.05, 0.1) is 21.9 Å². The van der Waals surface area contributed by atoms with E-state index in [1.54, 1.807) is 44.1 Å². The number of carbonyl (C=O) groups excluding carboxylic acids is 1. The molecule has 0 saturated heterocycles. The molecule has 0 spiro atoms. The number of aromatic nitrogens is 3. The number of H-pyrrole nitrogens is 1. The molecule has 0 fully saturated rings. The Hall–Kier alpha value is -2.64. The van der Waals surface area contributed by atoms with Crippen LogP contribution >= 0.6 is 23.2 Å². The molecule has 0 bridgehead atoms. The summed E-state index contributed by atoms with van der Waals surface area (Å²) in [4.78, 5) is 33.6. The van der Waals surface area contributed by atoms with E-state index in [9.17, 15) is 9.59 Å². The Morgan fingerprint density at radius 2 is 1.96 bits per heavy atom. The van der Waals surface area contributed by atoms with Gasteiger partial charge in [-0.15, -0.1) is 0 Å². The summed E-state index contributed by atoms with van der Waals surface area (Å²) in [6.45, 7) is 1.72. The fourth-order valence-electron chi connectivity index (χ4n) is 2.27. The van der Waals surface area contributed by atoms with Gasteiger partial charge in [-0.1, -0.05) is 29.3 Å². The van der Waals surface area contributed by atoms with E-state index in [2.05, 4.69) is 15.1 Å². The van der Waals surface area contributed by atoms with E-state index in [1.807, 2.05) is 0 Å². The normalized spacial score (nSPS) is 11.8. The van der Waals surface area contributed by atoms with Gasteiger partial charge in [0.25, 0.3) is 11.5 Å². The predicted octanol–water partition coefficient (Wildman–Crippen LogP) is 3.12. The van der Waals surface area contributed by atoms with Crippen molar-refractivity contribution in [2.45, 2.75) is 6.92 Å². The molecule has 3 rings (SSSR count). The standard InChI is InChI=1S/C17H15Cl2N5O2/c1-9(23(2)3)21-17(26)11-8-20-24-15(25)7-14(22-16(11)24)10-4-5-12(18)13(19)6-10/h4-8,22H,1-3H3/b21-9+. The molecule has 9 heteroatoms. The van der Waals surface area contributed by atoms with Crippen molar-refractivity contribution in [3.05, 3.63) is 56.4 Å². The molecule has 0 aliphatic carbocycles. The first kappa shape index (κ1) is 18.2. The topological polar surface area (TPSA) is 82.8 Å². The zero-order valence-corrected chi connectivity index (χ0v) is 15.8. The second-order valence-electron chi connectivity index (χ2n) is 5.83. The lowest BCUT2D eigenvalue weighted by atomic mass is 10.1. The van der Waals surface area contributed by atoms with Crippen LogP contribution in [-0.4, -0.2) is 45.3 Å². The zero-order chi connectivity index (χ0) is 19.0. The first-order valence-electron chi connectivity index (χ1n) is 7.61. The molecule has 1 amide bonds. The number of hydrogen-bond donors (Lipinski definition) is 1. The second-order valence-corrected chi connectivity index (χ2v) is 6.64. The van der Waals surface area contributed by atoms with Crippen LogP contribution < -0.4 is 5.56 Å². The minimum Gasteiger partial charge on any atom is -0.366 e. The maximum atomic E-state index is 12.5. The molecule has 2 heterocycles. The van der Waals surface area contributed by atoms with Gasteiger partial charge in [-0.05, 0) is 24.6 Å². The molecule has 0 radical (unpaired) electrons. The molecular formula is C17H15Cl2N5O2. The van der Waals surface area contributed by atoms with Crippen molar-refractivity contribution >= 4 is 40.6 Å². The lowest BCUT2D eigenvalue weighted by molar-refractivity contribution is 0.100. The van der Waals surface area contributed by atoms with Crippen LogP contribution in [-0.2, 0) is 0 Å². The molecule has 1 N–H and O–H groups in total. The van der Waals surface area contributed by atoms with Crippen molar-refractivity contribution in [2.24, 2.45) is 4.99 Å². The molecular weight excluding hydrogens is 377 g/mol. The van der Waals surface area contributed by atoms with E-state index in [1.165, 1.54) is 12.3 Å². The molecule has 134 valence electrons. The third-order valence-electron chi connectivity index (χ3n) is 3.87. The number of nitrogens with one attached hydrogen (secondary N) is 1. The number of aromatic amines is 1. The highest BCUT2D eigenvalue weighted by molar-refractivity contribution is 6.42. The van der Waals surface area contributed by atoms with E-state index >= 15 is 0 Å². The molecule has 0 saturated carbocycles. The van der Waals surface area contributed by atoms with Crippen LogP contribution in [0.5, 0.6) is 0 Å². The summed E-state index contributed by atoms with van der Waals surface area (Å²) >= 11 is 12.0. The average Bonchev–Trinajstić information content (AvgIpc) is 3.01. The number of aliphatic imine (C=N–C) groups is 1. The highest BCUT2D eigenvalue weighted by Gasteiger charge is 2.16. The molecule has 0 atom stereocenters. The number of fused-ring (bicyclic) bond motifs is 1. The summed E-state index contributed by atoms with van der Waals surface area (Å²) in [6, 6.07) is 6.37. The summed E-state index contributed by atoms with van der Waals surface area (Å²) in [5.74, 6) is 0.0467. The van der Waals surface area contributed by atoms with Crippen molar-refractivity contribution in [3.63, 3.8) is 0 Å².